The minimum Gasteiger partial charge on any atom is -0.387 e. The van der Waals surface area contributed by atoms with Crippen molar-refractivity contribution in [3.8, 4) is 0 Å². The van der Waals surface area contributed by atoms with E-state index in [0.717, 1.165) is 24.7 Å². The second-order valence-electron chi connectivity index (χ2n) is 6.41. The van der Waals surface area contributed by atoms with Crippen molar-refractivity contribution in [2.45, 2.75) is 40.2 Å². The zero-order chi connectivity index (χ0) is 13.3. The number of nitrogens with zero attached hydrogens (tertiary/aromatic N) is 2. The molecule has 2 rings (SSSR count). The molecule has 3 nitrogen and oxygen atoms in total. The number of aliphatic hydroxyl groups excluding tert-OH is 1. The van der Waals surface area contributed by atoms with E-state index in [1.54, 1.807) is 6.92 Å². The quantitative estimate of drug-likeness (QED) is 0.874. The first-order valence-corrected chi connectivity index (χ1v) is 6.77. The van der Waals surface area contributed by atoms with Gasteiger partial charge in [0, 0.05) is 13.1 Å². The molecule has 0 aliphatic carbocycles. The van der Waals surface area contributed by atoms with Crippen LogP contribution in [-0.2, 0) is 0 Å². The summed E-state index contributed by atoms with van der Waals surface area (Å²) in [5.74, 6) is 0.744. The van der Waals surface area contributed by atoms with Crippen molar-refractivity contribution < 1.29 is 5.11 Å². The van der Waals surface area contributed by atoms with Crippen LogP contribution in [0, 0.1) is 11.3 Å². The fourth-order valence-electron chi connectivity index (χ4n) is 2.53. The first kappa shape index (κ1) is 13.3. The maximum atomic E-state index is 9.45. The summed E-state index contributed by atoms with van der Waals surface area (Å²) in [5.41, 5.74) is 2.29. The van der Waals surface area contributed by atoms with Gasteiger partial charge in [-0.25, -0.2) is 0 Å². The number of hydrogen-bond acceptors (Lipinski definition) is 3. The monoisotopic (exact) mass is 248 g/mol. The highest BCUT2D eigenvalue weighted by Gasteiger charge is 2.31. The van der Waals surface area contributed by atoms with Gasteiger partial charge in [0.2, 0.25) is 0 Å². The van der Waals surface area contributed by atoms with E-state index in [0.29, 0.717) is 5.41 Å². The minimum absolute atomic E-state index is 0.377. The zero-order valence-corrected chi connectivity index (χ0v) is 11.8. The lowest BCUT2D eigenvalue weighted by molar-refractivity contribution is 0.194. The van der Waals surface area contributed by atoms with Gasteiger partial charge in [-0.2, -0.15) is 0 Å². The van der Waals surface area contributed by atoms with Gasteiger partial charge in [0.05, 0.1) is 23.7 Å². The lowest BCUT2D eigenvalue weighted by Gasteiger charge is -2.27. The van der Waals surface area contributed by atoms with E-state index in [2.05, 4.69) is 36.7 Å². The average molecular weight is 248 g/mol. The topological polar surface area (TPSA) is 36.4 Å². The van der Waals surface area contributed by atoms with Gasteiger partial charge in [-0.15, -0.1) is 0 Å². The van der Waals surface area contributed by atoms with E-state index in [1.165, 1.54) is 12.1 Å². The van der Waals surface area contributed by atoms with Crippen LogP contribution in [0.3, 0.4) is 0 Å². The molecule has 1 fully saturated rings. The second-order valence-corrected chi connectivity index (χ2v) is 6.41. The highest BCUT2D eigenvalue weighted by Crippen LogP contribution is 2.35. The van der Waals surface area contributed by atoms with Crippen molar-refractivity contribution in [2.75, 3.05) is 18.0 Å². The Morgan fingerprint density at radius 1 is 1.39 bits per heavy atom. The number of pyridine rings is 1. The van der Waals surface area contributed by atoms with Gasteiger partial charge >= 0.3 is 0 Å². The third-order valence-electron chi connectivity index (χ3n) is 3.98. The first-order chi connectivity index (χ1) is 8.38. The van der Waals surface area contributed by atoms with E-state index >= 15 is 0 Å². The third-order valence-corrected chi connectivity index (χ3v) is 3.98. The van der Waals surface area contributed by atoms with Crippen LogP contribution >= 0.6 is 0 Å². The molecule has 18 heavy (non-hydrogen) atoms. The van der Waals surface area contributed by atoms with E-state index in [1.807, 2.05) is 12.3 Å². The number of aliphatic hydroxyl groups is 1. The Labute approximate surface area is 110 Å². The smallest absolute Gasteiger partial charge is 0.0931 e. The largest absolute Gasteiger partial charge is 0.387 e. The Morgan fingerprint density at radius 2 is 2.11 bits per heavy atom. The first-order valence-electron chi connectivity index (χ1n) is 6.77. The lowest BCUT2D eigenvalue weighted by Crippen LogP contribution is -2.25. The molecule has 100 valence electrons. The fraction of sp³-hybridized carbons (Fsp3) is 0.667. The third kappa shape index (κ3) is 2.83. The second kappa shape index (κ2) is 4.88. The molecule has 0 amide bonds. The van der Waals surface area contributed by atoms with Crippen LogP contribution in [-0.4, -0.2) is 23.2 Å². The van der Waals surface area contributed by atoms with Gasteiger partial charge in [-0.1, -0.05) is 20.8 Å². The van der Waals surface area contributed by atoms with Crippen molar-refractivity contribution in [3.05, 3.63) is 24.0 Å². The molecule has 1 aliphatic rings. The van der Waals surface area contributed by atoms with Crippen LogP contribution in [0.1, 0.15) is 45.9 Å². The summed E-state index contributed by atoms with van der Waals surface area (Å²) in [6.07, 6.45) is 2.65. The van der Waals surface area contributed by atoms with Gasteiger partial charge in [0.25, 0.3) is 0 Å². The Bertz CT molecular complexity index is 392. The lowest BCUT2D eigenvalue weighted by atomic mass is 9.80. The Morgan fingerprint density at radius 3 is 2.56 bits per heavy atom. The number of rotatable bonds is 2. The van der Waals surface area contributed by atoms with Gasteiger partial charge in [0.15, 0.2) is 0 Å². The average Bonchev–Trinajstić information content (AvgIpc) is 2.78. The molecule has 1 N–H and O–H groups in total. The SMILES string of the molecule is C[C@@H](O)c1ccc(N2CCC(C(C)(C)C)C2)cn1. The molecular formula is C15H24N2O. The standard InChI is InChI=1S/C15H24N2O/c1-11(18)14-6-5-13(9-16-14)17-8-7-12(10-17)15(2,3)4/h5-6,9,11-12,18H,7-8,10H2,1-4H3/t11-,12?/m1/s1. The van der Waals surface area contributed by atoms with Crippen molar-refractivity contribution >= 4 is 5.69 Å². The molecule has 0 bridgehead atoms. The summed E-state index contributed by atoms with van der Waals surface area (Å²) in [6, 6.07) is 3.99. The highest BCUT2D eigenvalue weighted by molar-refractivity contribution is 5.45. The Kier molecular flexibility index (Phi) is 3.62. The summed E-state index contributed by atoms with van der Waals surface area (Å²) in [6.45, 7) is 10.9. The van der Waals surface area contributed by atoms with Gasteiger partial charge in [-0.05, 0) is 36.8 Å². The number of anilines is 1. The van der Waals surface area contributed by atoms with Gasteiger partial charge in [-0.3, -0.25) is 4.98 Å². The molecule has 0 aromatic carbocycles. The molecular weight excluding hydrogens is 224 g/mol. The van der Waals surface area contributed by atoms with Crippen LogP contribution in [0.25, 0.3) is 0 Å². The Balaban J connectivity index is 2.05. The molecule has 2 heterocycles. The molecule has 0 saturated carbocycles. The molecule has 1 saturated heterocycles. The summed E-state index contributed by atoms with van der Waals surface area (Å²) in [4.78, 5) is 6.72. The summed E-state index contributed by atoms with van der Waals surface area (Å²) < 4.78 is 0. The molecule has 3 heteroatoms. The van der Waals surface area contributed by atoms with Crippen molar-refractivity contribution in [1.82, 2.24) is 4.98 Å². The summed E-state index contributed by atoms with van der Waals surface area (Å²) in [7, 11) is 0. The number of hydrogen-bond donors (Lipinski definition) is 1. The van der Waals surface area contributed by atoms with Crippen LogP contribution < -0.4 is 4.90 Å². The predicted octanol–water partition coefficient (Wildman–Crippen LogP) is 3.01. The maximum Gasteiger partial charge on any atom is 0.0931 e. The van der Waals surface area contributed by atoms with Crippen LogP contribution in [0.2, 0.25) is 0 Å². The highest BCUT2D eigenvalue weighted by atomic mass is 16.3. The van der Waals surface area contributed by atoms with Crippen molar-refractivity contribution in [2.24, 2.45) is 11.3 Å². The summed E-state index contributed by atoms with van der Waals surface area (Å²) in [5, 5.41) is 9.45. The van der Waals surface area contributed by atoms with E-state index < -0.39 is 6.10 Å². The number of aromatic nitrogens is 1. The molecule has 1 aliphatic heterocycles. The minimum atomic E-state index is -0.486. The van der Waals surface area contributed by atoms with Gasteiger partial charge < -0.3 is 10.0 Å². The molecule has 0 spiro atoms. The summed E-state index contributed by atoms with van der Waals surface area (Å²) >= 11 is 0. The van der Waals surface area contributed by atoms with Crippen molar-refractivity contribution in [3.63, 3.8) is 0 Å². The predicted molar refractivity (Wildman–Crippen MR) is 74.6 cm³/mol. The van der Waals surface area contributed by atoms with Gasteiger partial charge in [0.1, 0.15) is 0 Å². The molecule has 1 unspecified atom stereocenters. The molecule has 1 aromatic heterocycles. The maximum absolute atomic E-state index is 9.45. The van der Waals surface area contributed by atoms with E-state index in [-0.39, 0.29) is 0 Å². The Hall–Kier alpha value is -1.09. The van der Waals surface area contributed by atoms with Crippen LogP contribution in [0.5, 0.6) is 0 Å². The molecule has 0 radical (unpaired) electrons. The van der Waals surface area contributed by atoms with Crippen LogP contribution in [0.15, 0.2) is 18.3 Å². The van der Waals surface area contributed by atoms with Crippen molar-refractivity contribution in [1.29, 1.82) is 0 Å². The van der Waals surface area contributed by atoms with Crippen LogP contribution in [0.4, 0.5) is 5.69 Å². The van der Waals surface area contributed by atoms with E-state index in [4.69, 9.17) is 0 Å². The normalized spacial score (nSPS) is 22.3. The van der Waals surface area contributed by atoms with E-state index in [9.17, 15) is 5.11 Å². The fourth-order valence-corrected chi connectivity index (χ4v) is 2.53. The zero-order valence-electron chi connectivity index (χ0n) is 11.8. The molecule has 1 aromatic rings. The molecule has 2 atom stereocenters.